The number of hydrogen-bond donors (Lipinski definition) is 3. The Bertz CT molecular complexity index is 575. The second-order valence-corrected chi connectivity index (χ2v) is 3.63. The first-order chi connectivity index (χ1) is 8.66. The molecule has 0 unspecified atom stereocenters. The van der Waals surface area contributed by atoms with Gasteiger partial charge in [-0.3, -0.25) is 0 Å². The molecule has 0 aliphatic carbocycles. The predicted molar refractivity (Wildman–Crippen MR) is 67.4 cm³/mol. The monoisotopic (exact) mass is 244 g/mol. The molecule has 3 N–H and O–H groups in total. The molecule has 0 aliphatic rings. The molecule has 0 fully saturated rings. The van der Waals surface area contributed by atoms with Crippen molar-refractivity contribution in [2.75, 3.05) is 0 Å². The number of nitrogens with one attached hydrogen (secondary N) is 2. The van der Waals surface area contributed by atoms with E-state index in [0.717, 1.165) is 11.4 Å². The molecular formula is C12H12N4O2. The van der Waals surface area contributed by atoms with Crippen molar-refractivity contribution in [2.45, 2.75) is 6.92 Å². The van der Waals surface area contributed by atoms with Gasteiger partial charge in [-0.15, -0.1) is 0 Å². The van der Waals surface area contributed by atoms with Crippen molar-refractivity contribution >= 4 is 11.8 Å². The minimum atomic E-state index is -1.20. The van der Waals surface area contributed by atoms with Crippen LogP contribution in [0.5, 0.6) is 0 Å². The maximum atomic E-state index is 10.3. The van der Waals surface area contributed by atoms with Gasteiger partial charge in [0.15, 0.2) is 0 Å². The van der Waals surface area contributed by atoms with Crippen molar-refractivity contribution in [3.63, 3.8) is 0 Å². The van der Waals surface area contributed by atoms with E-state index in [1.165, 1.54) is 0 Å². The first kappa shape index (κ1) is 11.8. The molecule has 0 aliphatic heterocycles. The lowest BCUT2D eigenvalue weighted by atomic mass is 10.2. The Morgan fingerprint density at radius 3 is 2.78 bits per heavy atom. The average Bonchev–Trinajstić information content (AvgIpc) is 2.86. The summed E-state index contributed by atoms with van der Waals surface area (Å²) in [6.07, 6.45) is 0.419. The number of nitrogens with zero attached hydrogens (tertiary/aromatic N) is 2. The fourth-order valence-corrected chi connectivity index (χ4v) is 1.44. The van der Waals surface area contributed by atoms with Crippen LogP contribution >= 0.6 is 0 Å². The third-order valence-electron chi connectivity index (χ3n) is 2.33. The molecule has 6 nitrogen and oxygen atoms in total. The van der Waals surface area contributed by atoms with Gasteiger partial charge in [-0.2, -0.15) is 5.10 Å². The predicted octanol–water partition coefficient (Wildman–Crippen LogP) is 2.07. The first-order valence-electron chi connectivity index (χ1n) is 5.31. The molecule has 1 amide bonds. The number of benzene rings is 1. The number of rotatable bonds is 3. The molecule has 0 spiro atoms. The Hall–Kier alpha value is -2.63. The van der Waals surface area contributed by atoms with Gasteiger partial charge in [-0.25, -0.2) is 15.2 Å². The highest BCUT2D eigenvalue weighted by Crippen LogP contribution is 2.14. The van der Waals surface area contributed by atoms with Crippen LogP contribution in [0.25, 0.3) is 11.4 Å². The number of H-pyrrole nitrogens is 1. The first-order valence-corrected chi connectivity index (χ1v) is 5.31. The summed E-state index contributed by atoms with van der Waals surface area (Å²) in [5.41, 5.74) is 4.10. The fourth-order valence-electron chi connectivity index (χ4n) is 1.44. The summed E-state index contributed by atoms with van der Waals surface area (Å²) in [6, 6.07) is 9.64. The number of imidazole rings is 1. The molecule has 0 atom stereocenters. The highest BCUT2D eigenvalue weighted by Gasteiger charge is 2.05. The molecular weight excluding hydrogens is 232 g/mol. The van der Waals surface area contributed by atoms with Crippen LogP contribution in [0.4, 0.5) is 4.79 Å². The zero-order valence-electron chi connectivity index (χ0n) is 9.71. The Kier molecular flexibility index (Phi) is 3.38. The molecule has 0 radical (unpaired) electrons. The zero-order chi connectivity index (χ0) is 13.0. The largest absolute Gasteiger partial charge is 0.464 e. The molecule has 92 valence electrons. The van der Waals surface area contributed by atoms with Gasteiger partial charge < -0.3 is 10.1 Å². The van der Waals surface area contributed by atoms with E-state index in [4.69, 9.17) is 5.11 Å². The van der Waals surface area contributed by atoms with Crippen molar-refractivity contribution in [1.29, 1.82) is 0 Å². The Morgan fingerprint density at radius 2 is 2.11 bits per heavy atom. The minimum Gasteiger partial charge on any atom is -0.464 e. The lowest BCUT2D eigenvalue weighted by Crippen LogP contribution is -2.16. The molecule has 1 heterocycles. The summed E-state index contributed by atoms with van der Waals surface area (Å²) in [5, 5.41) is 12.1. The van der Waals surface area contributed by atoms with E-state index < -0.39 is 6.09 Å². The second kappa shape index (κ2) is 5.13. The van der Waals surface area contributed by atoms with Crippen LogP contribution in [0.2, 0.25) is 0 Å². The third kappa shape index (κ3) is 2.73. The summed E-state index contributed by atoms with van der Waals surface area (Å²) in [5.74, 6) is 0.718. The Morgan fingerprint density at radius 1 is 1.39 bits per heavy atom. The minimum absolute atomic E-state index is 0.520. The van der Waals surface area contributed by atoms with E-state index in [9.17, 15) is 4.79 Å². The SMILES string of the molecule is C/C(=N/NC(=O)O)c1cnc(-c2ccccc2)[nH]1. The van der Waals surface area contributed by atoms with Crippen molar-refractivity contribution in [2.24, 2.45) is 5.10 Å². The van der Waals surface area contributed by atoms with Crippen LogP contribution in [0.15, 0.2) is 41.6 Å². The van der Waals surface area contributed by atoms with Crippen LogP contribution in [-0.2, 0) is 0 Å². The van der Waals surface area contributed by atoms with E-state index in [1.54, 1.807) is 13.1 Å². The number of carbonyl (C=O) groups is 1. The lowest BCUT2D eigenvalue weighted by molar-refractivity contribution is 0.195. The van der Waals surface area contributed by atoms with E-state index in [2.05, 4.69) is 15.1 Å². The maximum absolute atomic E-state index is 10.3. The summed E-state index contributed by atoms with van der Waals surface area (Å²) in [6.45, 7) is 1.69. The quantitative estimate of drug-likeness (QED) is 0.570. The van der Waals surface area contributed by atoms with Crippen molar-refractivity contribution < 1.29 is 9.90 Å². The van der Waals surface area contributed by atoms with Gasteiger partial charge in [-0.05, 0) is 6.92 Å². The number of hydrogen-bond acceptors (Lipinski definition) is 3. The van der Waals surface area contributed by atoms with Crippen LogP contribution < -0.4 is 5.43 Å². The summed E-state index contributed by atoms with van der Waals surface area (Å²) < 4.78 is 0. The molecule has 2 rings (SSSR count). The van der Waals surface area contributed by atoms with E-state index in [-0.39, 0.29) is 0 Å². The molecule has 0 saturated heterocycles. The van der Waals surface area contributed by atoms with Crippen LogP contribution in [0.1, 0.15) is 12.6 Å². The van der Waals surface area contributed by atoms with Gasteiger partial charge in [-0.1, -0.05) is 30.3 Å². The average molecular weight is 244 g/mol. The van der Waals surface area contributed by atoms with Crippen molar-refractivity contribution in [3.05, 3.63) is 42.2 Å². The Labute approximate surface area is 103 Å². The molecule has 18 heavy (non-hydrogen) atoms. The highest BCUT2D eigenvalue weighted by atomic mass is 16.4. The summed E-state index contributed by atoms with van der Waals surface area (Å²) >= 11 is 0. The van der Waals surface area contributed by atoms with Gasteiger partial charge in [0.1, 0.15) is 5.82 Å². The normalized spacial score (nSPS) is 11.3. The zero-order valence-corrected chi connectivity index (χ0v) is 9.71. The van der Waals surface area contributed by atoms with E-state index in [0.29, 0.717) is 11.4 Å². The van der Waals surface area contributed by atoms with Gasteiger partial charge in [0.25, 0.3) is 0 Å². The topological polar surface area (TPSA) is 90.4 Å². The number of amides is 1. The molecule has 2 aromatic rings. The fraction of sp³-hybridized carbons (Fsp3) is 0.0833. The summed E-state index contributed by atoms with van der Waals surface area (Å²) in [4.78, 5) is 17.6. The van der Waals surface area contributed by atoms with Gasteiger partial charge >= 0.3 is 6.09 Å². The number of aromatic amines is 1. The van der Waals surface area contributed by atoms with Crippen LogP contribution in [0.3, 0.4) is 0 Å². The number of hydrazone groups is 1. The lowest BCUT2D eigenvalue weighted by Gasteiger charge is -1.97. The van der Waals surface area contributed by atoms with Gasteiger partial charge in [0, 0.05) is 5.56 Å². The third-order valence-corrected chi connectivity index (χ3v) is 2.33. The molecule has 1 aromatic carbocycles. The van der Waals surface area contributed by atoms with Gasteiger partial charge in [0.2, 0.25) is 0 Å². The van der Waals surface area contributed by atoms with Gasteiger partial charge in [0.05, 0.1) is 17.6 Å². The summed E-state index contributed by atoms with van der Waals surface area (Å²) in [7, 11) is 0. The number of carboxylic acid groups (broad SMARTS) is 1. The number of aromatic nitrogens is 2. The van der Waals surface area contributed by atoms with Crippen LogP contribution in [0, 0.1) is 0 Å². The second-order valence-electron chi connectivity index (χ2n) is 3.63. The van der Waals surface area contributed by atoms with Crippen molar-refractivity contribution in [3.8, 4) is 11.4 Å². The standard InChI is InChI=1S/C12H12N4O2/c1-8(15-16-12(17)18)10-7-13-11(14-10)9-5-3-2-4-6-9/h2-7,16H,1H3,(H,13,14)(H,17,18)/b15-8-. The van der Waals surface area contributed by atoms with E-state index >= 15 is 0 Å². The molecule has 0 bridgehead atoms. The van der Waals surface area contributed by atoms with Crippen molar-refractivity contribution in [1.82, 2.24) is 15.4 Å². The smallest absolute Gasteiger partial charge is 0.425 e. The maximum Gasteiger partial charge on any atom is 0.425 e. The Balaban J connectivity index is 2.21. The molecule has 1 aromatic heterocycles. The molecule has 0 saturated carbocycles. The van der Waals surface area contributed by atoms with E-state index in [1.807, 2.05) is 35.8 Å². The van der Waals surface area contributed by atoms with Crippen LogP contribution in [-0.4, -0.2) is 26.9 Å². The highest BCUT2D eigenvalue weighted by molar-refractivity contribution is 5.97. The molecule has 6 heteroatoms.